The van der Waals surface area contributed by atoms with Crippen LogP contribution in [0.4, 0.5) is 0 Å². The number of hydrogen-bond donors (Lipinski definition) is 1. The average molecular weight is 446 g/mol. The first kappa shape index (κ1) is 20.8. The molecule has 2 aromatic rings. The van der Waals surface area contributed by atoms with Crippen LogP contribution in [0.1, 0.15) is 48.7 Å². The zero-order valence-electron chi connectivity index (χ0n) is 18.9. The van der Waals surface area contributed by atoms with E-state index in [0.717, 1.165) is 50.2 Å². The van der Waals surface area contributed by atoms with Crippen LogP contribution in [0.3, 0.4) is 0 Å². The molecule has 1 unspecified atom stereocenters. The number of carbonyl (C=O) groups excluding carboxylic acids is 1. The van der Waals surface area contributed by atoms with Crippen LogP contribution < -0.4 is 0 Å². The van der Waals surface area contributed by atoms with Gasteiger partial charge in [0.2, 0.25) is 5.91 Å². The zero-order chi connectivity index (χ0) is 22.4. The minimum atomic E-state index is -0.510. The van der Waals surface area contributed by atoms with E-state index in [2.05, 4.69) is 45.3 Å². The summed E-state index contributed by atoms with van der Waals surface area (Å²) in [7, 11) is 0. The zero-order valence-corrected chi connectivity index (χ0v) is 18.9. The fourth-order valence-electron chi connectivity index (χ4n) is 5.59. The van der Waals surface area contributed by atoms with Crippen molar-refractivity contribution in [2.45, 2.75) is 56.8 Å². The molecule has 33 heavy (non-hydrogen) atoms. The molecule has 2 aliphatic carbocycles. The van der Waals surface area contributed by atoms with E-state index in [1.165, 1.54) is 11.1 Å². The molecule has 172 valence electrons. The Balaban J connectivity index is 1.06. The normalized spacial score (nSPS) is 27.8. The van der Waals surface area contributed by atoms with Gasteiger partial charge in [-0.1, -0.05) is 42.5 Å². The standard InChI is InChI=1S/C26H31N5O2/c32-24-16-30(14-12-23(24)29-13-11-18-3-1-2-4-21(18)15-29)26(33)20-7-5-19(6-8-20)25-27-17-28-31(25)22-9-10-22/h1-7,17,20,22-24,32H,8-16H2/t20?,23-,24-/m0/s1. The minimum absolute atomic E-state index is 0.115. The number of allylic oxidation sites excluding steroid dienone is 3. The summed E-state index contributed by atoms with van der Waals surface area (Å²) in [6.07, 6.45) is 12.1. The number of amides is 1. The lowest BCUT2D eigenvalue weighted by molar-refractivity contribution is -0.139. The van der Waals surface area contributed by atoms with Crippen LogP contribution in [0.5, 0.6) is 0 Å². The molecule has 6 rings (SSSR count). The molecule has 1 N–H and O–H groups in total. The quantitative estimate of drug-likeness (QED) is 0.783. The van der Waals surface area contributed by atoms with E-state index in [4.69, 9.17) is 0 Å². The fourth-order valence-corrected chi connectivity index (χ4v) is 5.59. The molecule has 3 heterocycles. The lowest BCUT2D eigenvalue weighted by Crippen LogP contribution is -2.56. The van der Waals surface area contributed by atoms with Crippen LogP contribution in [0.2, 0.25) is 0 Å². The summed E-state index contributed by atoms with van der Waals surface area (Å²) in [5.74, 6) is 0.849. The summed E-state index contributed by atoms with van der Waals surface area (Å²) >= 11 is 0. The van der Waals surface area contributed by atoms with Gasteiger partial charge in [-0.15, -0.1) is 0 Å². The Labute approximate surface area is 194 Å². The first-order valence-electron chi connectivity index (χ1n) is 12.2. The van der Waals surface area contributed by atoms with Gasteiger partial charge in [-0.05, 0) is 43.2 Å². The highest BCUT2D eigenvalue weighted by molar-refractivity contribution is 5.84. The Hall–Kier alpha value is -2.77. The number of aliphatic hydroxyl groups is 1. The highest BCUT2D eigenvalue weighted by Crippen LogP contribution is 2.37. The Bertz CT molecular complexity index is 1100. The monoisotopic (exact) mass is 445 g/mol. The maximum atomic E-state index is 13.2. The van der Waals surface area contributed by atoms with E-state index < -0.39 is 6.10 Å². The third-order valence-electron chi connectivity index (χ3n) is 7.63. The number of benzene rings is 1. The Morgan fingerprint density at radius 2 is 1.94 bits per heavy atom. The molecule has 7 heteroatoms. The van der Waals surface area contributed by atoms with Crippen molar-refractivity contribution in [2.75, 3.05) is 19.6 Å². The van der Waals surface area contributed by atoms with Gasteiger partial charge in [-0.25, -0.2) is 9.67 Å². The van der Waals surface area contributed by atoms with Crippen molar-refractivity contribution in [3.8, 4) is 0 Å². The number of hydrogen-bond acceptors (Lipinski definition) is 5. The van der Waals surface area contributed by atoms with E-state index in [-0.39, 0.29) is 17.9 Å². The van der Waals surface area contributed by atoms with Crippen LogP contribution in [-0.2, 0) is 17.8 Å². The number of β-amino-alcohol motifs (C(OH)–C–C–N with tert-alkyl or cyclic N) is 1. The van der Waals surface area contributed by atoms with E-state index in [9.17, 15) is 9.90 Å². The molecule has 2 fully saturated rings. The van der Waals surface area contributed by atoms with Crippen molar-refractivity contribution < 1.29 is 9.90 Å². The molecule has 1 amide bonds. The molecule has 0 radical (unpaired) electrons. The molecule has 0 spiro atoms. The Morgan fingerprint density at radius 1 is 1.09 bits per heavy atom. The van der Waals surface area contributed by atoms with Crippen LogP contribution in [0.25, 0.3) is 5.57 Å². The molecule has 4 aliphatic rings. The lowest BCUT2D eigenvalue weighted by atomic mass is 9.91. The summed E-state index contributed by atoms with van der Waals surface area (Å²) in [5.41, 5.74) is 3.83. The first-order chi connectivity index (χ1) is 16.2. The average Bonchev–Trinajstić information content (AvgIpc) is 3.59. The van der Waals surface area contributed by atoms with Crippen molar-refractivity contribution >= 4 is 11.5 Å². The topological polar surface area (TPSA) is 74.5 Å². The van der Waals surface area contributed by atoms with Gasteiger partial charge in [0.05, 0.1) is 18.1 Å². The second-order valence-electron chi connectivity index (χ2n) is 9.82. The third kappa shape index (κ3) is 4.04. The van der Waals surface area contributed by atoms with Gasteiger partial charge < -0.3 is 10.0 Å². The van der Waals surface area contributed by atoms with Gasteiger partial charge in [-0.2, -0.15) is 5.10 Å². The van der Waals surface area contributed by atoms with Crippen LogP contribution in [-0.4, -0.2) is 67.4 Å². The van der Waals surface area contributed by atoms with E-state index >= 15 is 0 Å². The predicted molar refractivity (Wildman–Crippen MR) is 125 cm³/mol. The van der Waals surface area contributed by atoms with Crippen molar-refractivity contribution in [1.82, 2.24) is 24.6 Å². The second kappa shape index (κ2) is 8.54. The lowest BCUT2D eigenvalue weighted by Gasteiger charge is -2.44. The second-order valence-corrected chi connectivity index (χ2v) is 9.82. The Kier molecular flexibility index (Phi) is 5.38. The molecule has 1 aromatic heterocycles. The maximum Gasteiger partial charge on any atom is 0.229 e. The van der Waals surface area contributed by atoms with Crippen LogP contribution in [0, 0.1) is 5.92 Å². The summed E-state index contributed by atoms with van der Waals surface area (Å²) in [6.45, 7) is 2.97. The number of likely N-dealkylation sites (tertiary alicyclic amines) is 1. The summed E-state index contributed by atoms with van der Waals surface area (Å²) < 4.78 is 2.01. The number of aromatic nitrogens is 3. The van der Waals surface area contributed by atoms with Crippen molar-refractivity contribution in [3.05, 3.63) is 65.8 Å². The van der Waals surface area contributed by atoms with Gasteiger partial charge in [-0.3, -0.25) is 9.69 Å². The maximum absolute atomic E-state index is 13.2. The van der Waals surface area contributed by atoms with Crippen LogP contribution in [0.15, 0.2) is 48.8 Å². The molecule has 0 bridgehead atoms. The molecule has 7 nitrogen and oxygen atoms in total. The predicted octanol–water partition coefficient (Wildman–Crippen LogP) is 2.59. The molecule has 2 aliphatic heterocycles. The summed E-state index contributed by atoms with van der Waals surface area (Å²) in [6, 6.07) is 9.18. The van der Waals surface area contributed by atoms with Gasteiger partial charge in [0, 0.05) is 37.8 Å². The molecule has 1 saturated carbocycles. The van der Waals surface area contributed by atoms with Gasteiger partial charge in [0.1, 0.15) is 6.33 Å². The molecular weight excluding hydrogens is 414 g/mol. The number of carbonyl (C=O) groups is 1. The van der Waals surface area contributed by atoms with Gasteiger partial charge in [0.25, 0.3) is 0 Å². The van der Waals surface area contributed by atoms with Crippen molar-refractivity contribution in [1.29, 1.82) is 0 Å². The van der Waals surface area contributed by atoms with E-state index in [1.807, 2.05) is 21.7 Å². The van der Waals surface area contributed by atoms with Gasteiger partial charge >= 0.3 is 0 Å². The highest BCUT2D eigenvalue weighted by atomic mass is 16.3. The number of piperidine rings is 1. The summed E-state index contributed by atoms with van der Waals surface area (Å²) in [4.78, 5) is 21.9. The fraction of sp³-hybridized carbons (Fsp3) is 0.500. The van der Waals surface area contributed by atoms with Crippen molar-refractivity contribution in [2.24, 2.45) is 5.92 Å². The number of fused-ring (bicyclic) bond motifs is 1. The Morgan fingerprint density at radius 3 is 2.70 bits per heavy atom. The van der Waals surface area contributed by atoms with Gasteiger partial charge in [0.15, 0.2) is 5.82 Å². The first-order valence-corrected chi connectivity index (χ1v) is 12.2. The third-order valence-corrected chi connectivity index (χ3v) is 7.63. The number of nitrogens with zero attached hydrogens (tertiary/aromatic N) is 5. The van der Waals surface area contributed by atoms with Crippen LogP contribution >= 0.6 is 0 Å². The van der Waals surface area contributed by atoms with Crippen molar-refractivity contribution in [3.63, 3.8) is 0 Å². The smallest absolute Gasteiger partial charge is 0.229 e. The molecule has 1 aromatic carbocycles. The summed E-state index contributed by atoms with van der Waals surface area (Å²) in [5, 5.41) is 15.3. The number of rotatable bonds is 4. The van der Waals surface area contributed by atoms with E-state index in [1.54, 1.807) is 6.33 Å². The molecule has 1 saturated heterocycles. The molecular formula is C26H31N5O2. The van der Waals surface area contributed by atoms with E-state index in [0.29, 0.717) is 25.6 Å². The number of aliphatic hydroxyl groups excluding tert-OH is 1. The molecule has 3 atom stereocenters. The highest BCUT2D eigenvalue weighted by Gasteiger charge is 2.36. The largest absolute Gasteiger partial charge is 0.390 e. The minimum Gasteiger partial charge on any atom is -0.390 e. The SMILES string of the molecule is O=C(C1C=CC(c2ncnn2C2CC2)=CC1)N1CC[C@H](N2CCc3ccccc3C2)[C@@H](O)C1.